The van der Waals surface area contributed by atoms with Gasteiger partial charge < -0.3 is 4.74 Å². The van der Waals surface area contributed by atoms with Crippen molar-refractivity contribution in [3.63, 3.8) is 0 Å². The molecule has 0 aromatic carbocycles. The van der Waals surface area contributed by atoms with E-state index in [9.17, 15) is 0 Å². The molecule has 0 N–H and O–H groups in total. The predicted octanol–water partition coefficient (Wildman–Crippen LogP) is 4.49. The van der Waals surface area contributed by atoms with Crippen LogP contribution in [0.15, 0.2) is 0 Å². The number of hydrogen-bond acceptors (Lipinski definition) is 2. The van der Waals surface area contributed by atoms with E-state index in [1.807, 2.05) is 0 Å². The summed E-state index contributed by atoms with van der Waals surface area (Å²) in [5, 5.41) is 0. The van der Waals surface area contributed by atoms with Gasteiger partial charge in [-0.2, -0.15) is 0 Å². The summed E-state index contributed by atoms with van der Waals surface area (Å²) < 4.78 is 5.39. The average Bonchev–Trinajstić information content (AvgIpc) is 2.43. The van der Waals surface area contributed by atoms with Crippen LogP contribution < -0.4 is 0 Å². The third-order valence-corrected chi connectivity index (χ3v) is 4.22. The molecule has 0 saturated carbocycles. The first kappa shape index (κ1) is 17.0. The van der Waals surface area contributed by atoms with Crippen molar-refractivity contribution in [2.24, 2.45) is 5.92 Å². The van der Waals surface area contributed by atoms with E-state index in [1.165, 1.54) is 64.3 Å². The van der Waals surface area contributed by atoms with Gasteiger partial charge in [0.05, 0.1) is 13.2 Å². The van der Waals surface area contributed by atoms with Crippen molar-refractivity contribution in [3.05, 3.63) is 0 Å². The fourth-order valence-electron chi connectivity index (χ4n) is 2.94. The molecular formula is C17H35NO. The van der Waals surface area contributed by atoms with E-state index in [-0.39, 0.29) is 0 Å². The maximum atomic E-state index is 5.39. The Morgan fingerprint density at radius 3 is 2.11 bits per heavy atom. The van der Waals surface area contributed by atoms with Gasteiger partial charge in [-0.3, -0.25) is 4.90 Å². The number of ether oxygens (including phenoxy) is 1. The second-order valence-corrected chi connectivity index (χ2v) is 6.28. The summed E-state index contributed by atoms with van der Waals surface area (Å²) >= 11 is 0. The van der Waals surface area contributed by atoms with Crippen LogP contribution >= 0.6 is 0 Å². The summed E-state index contributed by atoms with van der Waals surface area (Å²) in [6, 6.07) is 0. The lowest BCUT2D eigenvalue weighted by atomic mass is 10.0. The molecule has 2 nitrogen and oxygen atoms in total. The molecule has 0 spiro atoms. The van der Waals surface area contributed by atoms with Crippen molar-refractivity contribution in [1.29, 1.82) is 0 Å². The monoisotopic (exact) mass is 269 g/mol. The molecule has 1 fully saturated rings. The van der Waals surface area contributed by atoms with Gasteiger partial charge in [0.1, 0.15) is 0 Å². The first-order valence-corrected chi connectivity index (χ1v) is 8.63. The van der Waals surface area contributed by atoms with Crippen LogP contribution in [0, 0.1) is 5.92 Å². The number of morpholine rings is 1. The van der Waals surface area contributed by atoms with Gasteiger partial charge in [0.15, 0.2) is 0 Å². The van der Waals surface area contributed by atoms with Gasteiger partial charge in [0.25, 0.3) is 0 Å². The standard InChI is InChI=1S/C17H35NO/c1-3-4-5-6-7-8-9-10-11-17(2)16-18-12-14-19-15-13-18/h17H,3-16H2,1-2H3. The maximum Gasteiger partial charge on any atom is 0.0594 e. The van der Waals surface area contributed by atoms with Gasteiger partial charge >= 0.3 is 0 Å². The summed E-state index contributed by atoms with van der Waals surface area (Å²) in [6.45, 7) is 10.1. The number of unbranched alkanes of at least 4 members (excludes halogenated alkanes) is 7. The Morgan fingerprint density at radius 1 is 0.895 bits per heavy atom. The Labute approximate surface area is 120 Å². The highest BCUT2D eigenvalue weighted by atomic mass is 16.5. The summed E-state index contributed by atoms with van der Waals surface area (Å²) in [6.07, 6.45) is 12.9. The molecule has 0 bridgehead atoms. The van der Waals surface area contributed by atoms with E-state index in [2.05, 4.69) is 18.7 Å². The maximum absolute atomic E-state index is 5.39. The fraction of sp³-hybridized carbons (Fsp3) is 1.00. The molecule has 1 atom stereocenters. The molecule has 0 aromatic heterocycles. The van der Waals surface area contributed by atoms with Crippen molar-refractivity contribution in [2.75, 3.05) is 32.8 Å². The predicted molar refractivity (Wildman–Crippen MR) is 83.7 cm³/mol. The highest BCUT2D eigenvalue weighted by Gasteiger charge is 2.13. The molecule has 1 aliphatic rings. The van der Waals surface area contributed by atoms with Crippen molar-refractivity contribution in [1.82, 2.24) is 4.90 Å². The minimum Gasteiger partial charge on any atom is -0.379 e. The first-order chi connectivity index (χ1) is 9.33. The minimum absolute atomic E-state index is 0.859. The molecular weight excluding hydrogens is 234 g/mol. The van der Waals surface area contributed by atoms with E-state index in [0.717, 1.165) is 32.2 Å². The average molecular weight is 269 g/mol. The number of nitrogens with zero attached hydrogens (tertiary/aromatic N) is 1. The van der Waals surface area contributed by atoms with E-state index >= 15 is 0 Å². The molecule has 2 heteroatoms. The Bertz CT molecular complexity index is 190. The summed E-state index contributed by atoms with van der Waals surface area (Å²) in [4.78, 5) is 2.57. The summed E-state index contributed by atoms with van der Waals surface area (Å²) in [5.41, 5.74) is 0. The quantitative estimate of drug-likeness (QED) is 0.513. The summed E-state index contributed by atoms with van der Waals surface area (Å²) in [7, 11) is 0. The van der Waals surface area contributed by atoms with Crippen molar-refractivity contribution in [2.45, 2.75) is 71.6 Å². The highest BCUT2D eigenvalue weighted by molar-refractivity contribution is 4.65. The highest BCUT2D eigenvalue weighted by Crippen LogP contribution is 2.14. The lowest BCUT2D eigenvalue weighted by Gasteiger charge is -2.29. The van der Waals surface area contributed by atoms with Crippen molar-refractivity contribution >= 4 is 0 Å². The molecule has 0 amide bonds. The van der Waals surface area contributed by atoms with Crippen LogP contribution in [0.3, 0.4) is 0 Å². The third-order valence-electron chi connectivity index (χ3n) is 4.22. The normalized spacial score (nSPS) is 18.6. The smallest absolute Gasteiger partial charge is 0.0594 e. The van der Waals surface area contributed by atoms with E-state index in [4.69, 9.17) is 4.74 Å². The Hall–Kier alpha value is -0.0800. The van der Waals surface area contributed by atoms with Crippen molar-refractivity contribution < 1.29 is 4.74 Å². The molecule has 1 saturated heterocycles. The SMILES string of the molecule is CCCCCCCCCCC(C)CN1CCOCC1. The lowest BCUT2D eigenvalue weighted by Crippen LogP contribution is -2.38. The minimum atomic E-state index is 0.859. The second kappa shape index (κ2) is 11.7. The van der Waals surface area contributed by atoms with Gasteiger partial charge in [-0.25, -0.2) is 0 Å². The number of rotatable bonds is 11. The topological polar surface area (TPSA) is 12.5 Å². The lowest BCUT2D eigenvalue weighted by molar-refractivity contribution is 0.0311. The van der Waals surface area contributed by atoms with Gasteiger partial charge in [-0.15, -0.1) is 0 Å². The van der Waals surface area contributed by atoms with Crippen LogP contribution in [0.4, 0.5) is 0 Å². The second-order valence-electron chi connectivity index (χ2n) is 6.28. The zero-order valence-electron chi connectivity index (χ0n) is 13.3. The van der Waals surface area contributed by atoms with Crippen LogP contribution in [0.2, 0.25) is 0 Å². The molecule has 1 unspecified atom stereocenters. The summed E-state index contributed by atoms with van der Waals surface area (Å²) in [5.74, 6) is 0.859. The third kappa shape index (κ3) is 9.45. The van der Waals surface area contributed by atoms with Crippen LogP contribution in [0.1, 0.15) is 71.6 Å². The van der Waals surface area contributed by atoms with E-state index in [1.54, 1.807) is 0 Å². The fourth-order valence-corrected chi connectivity index (χ4v) is 2.94. The Kier molecular flexibility index (Phi) is 10.5. The van der Waals surface area contributed by atoms with Crippen molar-refractivity contribution in [3.8, 4) is 0 Å². The Balaban J connectivity index is 1.85. The van der Waals surface area contributed by atoms with Gasteiger partial charge in [-0.1, -0.05) is 65.2 Å². The van der Waals surface area contributed by atoms with Crippen LogP contribution in [-0.4, -0.2) is 37.7 Å². The molecule has 0 aromatic rings. The molecule has 1 aliphatic heterocycles. The molecule has 19 heavy (non-hydrogen) atoms. The zero-order valence-corrected chi connectivity index (χ0v) is 13.3. The molecule has 1 rings (SSSR count). The largest absolute Gasteiger partial charge is 0.379 e. The number of hydrogen-bond donors (Lipinski definition) is 0. The molecule has 1 heterocycles. The van der Waals surface area contributed by atoms with Crippen LogP contribution in [-0.2, 0) is 4.74 Å². The van der Waals surface area contributed by atoms with E-state index < -0.39 is 0 Å². The molecule has 0 aliphatic carbocycles. The first-order valence-electron chi connectivity index (χ1n) is 8.63. The van der Waals surface area contributed by atoms with Crippen LogP contribution in [0.5, 0.6) is 0 Å². The molecule has 0 radical (unpaired) electrons. The van der Waals surface area contributed by atoms with Gasteiger partial charge in [0, 0.05) is 19.6 Å². The van der Waals surface area contributed by atoms with Gasteiger partial charge in [0.2, 0.25) is 0 Å². The van der Waals surface area contributed by atoms with Gasteiger partial charge in [-0.05, 0) is 12.3 Å². The molecule has 114 valence electrons. The van der Waals surface area contributed by atoms with Crippen LogP contribution in [0.25, 0.3) is 0 Å². The Morgan fingerprint density at radius 2 is 1.47 bits per heavy atom. The van der Waals surface area contributed by atoms with E-state index in [0.29, 0.717) is 0 Å². The zero-order chi connectivity index (χ0) is 13.8.